The highest BCUT2D eigenvalue weighted by Crippen LogP contribution is 2.15. The number of nitrogens with one attached hydrogen (secondary N) is 1. The molecule has 0 spiro atoms. The smallest absolute Gasteiger partial charge is 0.210 e. The lowest BCUT2D eigenvalue weighted by Gasteiger charge is -2.06. The number of hydrogen-bond donors (Lipinski definition) is 1. The molecule has 3 nitrogen and oxygen atoms in total. The van der Waals surface area contributed by atoms with Gasteiger partial charge < -0.3 is 0 Å². The van der Waals surface area contributed by atoms with E-state index in [1.807, 2.05) is 24.3 Å². The Morgan fingerprint density at radius 1 is 1.00 bits per heavy atom. The lowest BCUT2D eigenvalue weighted by Crippen LogP contribution is -2.26. The van der Waals surface area contributed by atoms with E-state index in [-0.39, 0.29) is 0 Å². The van der Waals surface area contributed by atoms with Gasteiger partial charge in [0.2, 0.25) is 10.0 Å². The van der Waals surface area contributed by atoms with Crippen molar-refractivity contribution in [2.45, 2.75) is 10.6 Å². The summed E-state index contributed by atoms with van der Waals surface area (Å²) in [6, 6.07) is 16.1. The maximum Gasteiger partial charge on any atom is 0.240 e. The van der Waals surface area contributed by atoms with Crippen molar-refractivity contribution < 1.29 is 8.42 Å². The Morgan fingerprint density at radius 3 is 2.33 bits per heavy atom. The first kappa shape index (κ1) is 16.4. The quantitative estimate of drug-likeness (QED) is 0.783. The zero-order chi connectivity index (χ0) is 15.1. The van der Waals surface area contributed by atoms with Gasteiger partial charge >= 0.3 is 0 Å². The molecule has 0 heterocycles. The first-order valence-corrected chi connectivity index (χ1v) is 9.46. The van der Waals surface area contributed by atoms with Crippen LogP contribution in [0, 0.1) is 0 Å². The Bertz CT molecular complexity index is 658. The van der Waals surface area contributed by atoms with Crippen LogP contribution in [0.25, 0.3) is 0 Å². The second-order valence-corrected chi connectivity index (χ2v) is 7.70. The molecule has 112 valence electrons. The third-order valence-corrected chi connectivity index (χ3v) is 5.53. The minimum Gasteiger partial charge on any atom is -0.210 e. The first-order valence-electron chi connectivity index (χ1n) is 6.45. The molecule has 2 aromatic carbocycles. The van der Waals surface area contributed by atoms with Gasteiger partial charge in [0.1, 0.15) is 0 Å². The van der Waals surface area contributed by atoms with E-state index in [0.717, 1.165) is 10.8 Å². The first-order chi connectivity index (χ1) is 10.1. The number of benzene rings is 2. The molecule has 6 heteroatoms. The second kappa shape index (κ2) is 7.84. The van der Waals surface area contributed by atoms with E-state index in [1.165, 1.54) is 5.56 Å². The molecule has 0 bridgehead atoms. The highest BCUT2D eigenvalue weighted by Gasteiger charge is 2.11. The lowest BCUT2D eigenvalue weighted by molar-refractivity contribution is 0.584. The van der Waals surface area contributed by atoms with Crippen molar-refractivity contribution in [2.75, 3.05) is 12.3 Å². The van der Waals surface area contributed by atoms with Gasteiger partial charge in [-0.2, -0.15) is 11.8 Å². The molecule has 0 aromatic heterocycles. The minimum atomic E-state index is -3.39. The van der Waals surface area contributed by atoms with Gasteiger partial charge in [-0.3, -0.25) is 0 Å². The van der Waals surface area contributed by atoms with Gasteiger partial charge in [-0.15, -0.1) is 0 Å². The standard InChI is InChI=1S/C15H16ClNO2S2/c16-14-8-6-13(7-9-14)12-20-11-10-17-21(18,19)15-4-2-1-3-5-15/h1-9,17H,10-12H2. The molecule has 0 unspecified atom stereocenters. The van der Waals surface area contributed by atoms with E-state index in [1.54, 1.807) is 42.1 Å². The molecule has 2 aromatic rings. The largest absolute Gasteiger partial charge is 0.240 e. The third-order valence-electron chi connectivity index (χ3n) is 2.77. The summed E-state index contributed by atoms with van der Waals surface area (Å²) in [6.07, 6.45) is 0. The predicted molar refractivity (Wildman–Crippen MR) is 89.2 cm³/mol. The van der Waals surface area contributed by atoms with Crippen molar-refractivity contribution >= 4 is 33.4 Å². The molecule has 0 saturated carbocycles. The van der Waals surface area contributed by atoms with Crippen molar-refractivity contribution in [3.05, 3.63) is 65.2 Å². The van der Waals surface area contributed by atoms with Crippen molar-refractivity contribution in [1.29, 1.82) is 0 Å². The molecule has 0 amide bonds. The summed E-state index contributed by atoms with van der Waals surface area (Å²) in [7, 11) is -3.39. The molecule has 0 aliphatic carbocycles. The number of sulfonamides is 1. The van der Waals surface area contributed by atoms with E-state index >= 15 is 0 Å². The number of thioether (sulfide) groups is 1. The maximum absolute atomic E-state index is 12.0. The minimum absolute atomic E-state index is 0.299. The van der Waals surface area contributed by atoms with Crippen LogP contribution in [-0.4, -0.2) is 20.7 Å². The summed E-state index contributed by atoms with van der Waals surface area (Å²) >= 11 is 7.50. The normalized spacial score (nSPS) is 11.5. The Balaban J connectivity index is 1.73. The molecule has 0 fully saturated rings. The Hall–Kier alpha value is -1.01. The monoisotopic (exact) mass is 341 g/mol. The van der Waals surface area contributed by atoms with Gasteiger partial charge in [0, 0.05) is 23.1 Å². The zero-order valence-electron chi connectivity index (χ0n) is 11.3. The molecule has 2 rings (SSSR count). The van der Waals surface area contributed by atoms with Gasteiger partial charge in [-0.25, -0.2) is 13.1 Å². The molecule has 0 saturated heterocycles. The molecule has 1 N–H and O–H groups in total. The molecule has 0 aliphatic heterocycles. The van der Waals surface area contributed by atoms with Crippen molar-refractivity contribution in [1.82, 2.24) is 4.72 Å². The van der Waals surface area contributed by atoms with E-state index in [0.29, 0.717) is 17.2 Å². The van der Waals surface area contributed by atoms with Gasteiger partial charge in [0.25, 0.3) is 0 Å². The molecule has 21 heavy (non-hydrogen) atoms. The summed E-state index contributed by atoms with van der Waals surface area (Å²) < 4.78 is 26.5. The van der Waals surface area contributed by atoms with Crippen molar-refractivity contribution in [3.8, 4) is 0 Å². The molecule has 0 aliphatic rings. The van der Waals surface area contributed by atoms with Crippen molar-refractivity contribution in [2.24, 2.45) is 0 Å². The third kappa shape index (κ3) is 5.36. The number of rotatable bonds is 7. The zero-order valence-corrected chi connectivity index (χ0v) is 13.7. The average Bonchev–Trinajstić information content (AvgIpc) is 2.50. The molecular weight excluding hydrogens is 326 g/mol. The lowest BCUT2D eigenvalue weighted by atomic mass is 10.2. The summed E-state index contributed by atoms with van der Waals surface area (Å²) in [4.78, 5) is 0.299. The molecule has 0 atom stereocenters. The second-order valence-electron chi connectivity index (χ2n) is 4.39. The van der Waals surface area contributed by atoms with Crippen LogP contribution in [0.2, 0.25) is 5.02 Å². The maximum atomic E-state index is 12.0. The Labute approximate surface area is 134 Å². The molecule has 0 radical (unpaired) electrons. The average molecular weight is 342 g/mol. The summed E-state index contributed by atoms with van der Waals surface area (Å²) in [5, 5.41) is 0.722. The number of halogens is 1. The van der Waals surface area contributed by atoms with Crippen LogP contribution in [0.5, 0.6) is 0 Å². The van der Waals surface area contributed by atoms with Gasteiger partial charge in [-0.05, 0) is 29.8 Å². The van der Waals surface area contributed by atoms with E-state index in [9.17, 15) is 8.42 Å². The van der Waals surface area contributed by atoms with Gasteiger partial charge in [-0.1, -0.05) is 41.9 Å². The fourth-order valence-electron chi connectivity index (χ4n) is 1.70. The summed E-state index contributed by atoms with van der Waals surface area (Å²) in [5.74, 6) is 1.55. The predicted octanol–water partition coefficient (Wildman–Crippen LogP) is 3.55. The van der Waals surface area contributed by atoms with Crippen LogP contribution in [0.1, 0.15) is 5.56 Å². The van der Waals surface area contributed by atoms with Crippen LogP contribution in [0.3, 0.4) is 0 Å². The van der Waals surface area contributed by atoms with Gasteiger partial charge in [0.15, 0.2) is 0 Å². The number of hydrogen-bond acceptors (Lipinski definition) is 3. The van der Waals surface area contributed by atoms with Crippen LogP contribution in [0.4, 0.5) is 0 Å². The highest BCUT2D eigenvalue weighted by atomic mass is 35.5. The fraction of sp³-hybridized carbons (Fsp3) is 0.200. The summed E-state index contributed by atoms with van der Waals surface area (Å²) in [6.45, 7) is 0.412. The fourth-order valence-corrected chi connectivity index (χ4v) is 3.83. The van der Waals surface area contributed by atoms with Crippen LogP contribution >= 0.6 is 23.4 Å². The molecular formula is C15H16ClNO2S2. The highest BCUT2D eigenvalue weighted by molar-refractivity contribution is 7.98. The SMILES string of the molecule is O=S(=O)(NCCSCc1ccc(Cl)cc1)c1ccccc1. The van der Waals surface area contributed by atoms with E-state index < -0.39 is 10.0 Å². The van der Waals surface area contributed by atoms with Crippen LogP contribution < -0.4 is 4.72 Å². The Kier molecular flexibility index (Phi) is 6.11. The Morgan fingerprint density at radius 2 is 1.67 bits per heavy atom. The van der Waals surface area contributed by atoms with E-state index in [2.05, 4.69) is 4.72 Å². The van der Waals surface area contributed by atoms with Crippen LogP contribution in [-0.2, 0) is 15.8 Å². The van der Waals surface area contributed by atoms with Crippen molar-refractivity contribution in [3.63, 3.8) is 0 Å². The van der Waals surface area contributed by atoms with Crippen LogP contribution in [0.15, 0.2) is 59.5 Å². The topological polar surface area (TPSA) is 46.2 Å². The summed E-state index contributed by atoms with van der Waals surface area (Å²) in [5.41, 5.74) is 1.18. The van der Waals surface area contributed by atoms with Gasteiger partial charge in [0.05, 0.1) is 4.90 Å². The van der Waals surface area contributed by atoms with E-state index in [4.69, 9.17) is 11.6 Å².